The number of thioether (sulfide) groups is 1. The fourth-order valence-electron chi connectivity index (χ4n) is 1.33. The van der Waals surface area contributed by atoms with Crippen molar-refractivity contribution in [1.29, 1.82) is 0 Å². The van der Waals surface area contributed by atoms with Gasteiger partial charge in [-0.2, -0.15) is 0 Å². The fraction of sp³-hybridized carbons (Fsp3) is 0.300. The fourth-order valence-corrected chi connectivity index (χ4v) is 2.63. The van der Waals surface area contributed by atoms with Gasteiger partial charge in [0, 0.05) is 20.9 Å². The van der Waals surface area contributed by atoms with Gasteiger partial charge in [-0.15, -0.1) is 24.2 Å². The van der Waals surface area contributed by atoms with Crippen LogP contribution in [0.1, 0.15) is 0 Å². The maximum atomic E-state index is 11.7. The van der Waals surface area contributed by atoms with Gasteiger partial charge in [0.05, 0.1) is 6.04 Å². The first kappa shape index (κ1) is 14.1. The Labute approximate surface area is 119 Å². The molecule has 0 bridgehead atoms. The minimum Gasteiger partial charge on any atom is -0.325 e. The molecule has 1 atom stereocenters. The zero-order valence-electron chi connectivity index (χ0n) is 8.40. The van der Waals surface area contributed by atoms with Crippen molar-refractivity contribution in [3.8, 4) is 0 Å². The Morgan fingerprint density at radius 3 is 2.69 bits per heavy atom. The number of halogens is 2. The number of carbonyl (C=O) groups excluding carboxylic acids is 1. The highest BCUT2D eigenvalue weighted by atomic mass is 127. The van der Waals surface area contributed by atoms with E-state index in [1.807, 2.05) is 24.3 Å². The Hall–Kier alpha value is 0.0200. The quantitative estimate of drug-likeness (QED) is 0.785. The molecule has 3 nitrogen and oxygen atoms in total. The van der Waals surface area contributed by atoms with E-state index >= 15 is 0 Å². The summed E-state index contributed by atoms with van der Waals surface area (Å²) in [5.74, 6) is 1.78. The Balaban J connectivity index is 0.00000128. The van der Waals surface area contributed by atoms with Gasteiger partial charge in [0.15, 0.2) is 0 Å². The summed E-state index contributed by atoms with van der Waals surface area (Å²) >= 11 is 3.99. The second kappa shape index (κ2) is 6.68. The highest BCUT2D eigenvalue weighted by molar-refractivity contribution is 14.1. The van der Waals surface area contributed by atoms with Gasteiger partial charge >= 0.3 is 0 Å². The highest BCUT2D eigenvalue weighted by Crippen LogP contribution is 2.14. The van der Waals surface area contributed by atoms with Crippen molar-refractivity contribution >= 4 is 58.4 Å². The zero-order valence-corrected chi connectivity index (χ0v) is 12.2. The van der Waals surface area contributed by atoms with Crippen LogP contribution in [-0.4, -0.2) is 23.6 Å². The second-order valence-corrected chi connectivity index (χ2v) is 5.54. The van der Waals surface area contributed by atoms with Gasteiger partial charge < -0.3 is 5.32 Å². The lowest BCUT2D eigenvalue weighted by atomic mass is 10.3. The summed E-state index contributed by atoms with van der Waals surface area (Å²) in [5.41, 5.74) is 0.860. The Morgan fingerprint density at radius 1 is 1.44 bits per heavy atom. The van der Waals surface area contributed by atoms with Gasteiger partial charge in [-0.3, -0.25) is 10.1 Å². The van der Waals surface area contributed by atoms with E-state index in [0.717, 1.165) is 17.3 Å². The average Bonchev–Trinajstić information content (AvgIpc) is 2.74. The zero-order chi connectivity index (χ0) is 10.7. The van der Waals surface area contributed by atoms with E-state index in [0.29, 0.717) is 0 Å². The summed E-state index contributed by atoms with van der Waals surface area (Å²) in [6, 6.07) is 7.75. The van der Waals surface area contributed by atoms with Gasteiger partial charge in [0.25, 0.3) is 0 Å². The first-order valence-corrected chi connectivity index (χ1v) is 6.86. The smallest absolute Gasteiger partial charge is 0.242 e. The third-order valence-corrected chi connectivity index (χ3v) is 3.80. The van der Waals surface area contributed by atoms with E-state index in [4.69, 9.17) is 0 Å². The lowest BCUT2D eigenvalue weighted by Gasteiger charge is -2.10. The first-order valence-electron chi connectivity index (χ1n) is 4.63. The van der Waals surface area contributed by atoms with E-state index in [1.165, 1.54) is 3.57 Å². The maximum Gasteiger partial charge on any atom is 0.242 e. The molecule has 1 aromatic rings. The lowest BCUT2D eigenvalue weighted by Crippen LogP contribution is -2.37. The molecular weight excluding hydrogens is 359 g/mol. The van der Waals surface area contributed by atoms with E-state index < -0.39 is 0 Å². The normalized spacial score (nSPS) is 18.9. The molecule has 1 unspecified atom stereocenters. The van der Waals surface area contributed by atoms with E-state index in [1.54, 1.807) is 11.8 Å². The number of hydrogen-bond donors (Lipinski definition) is 2. The van der Waals surface area contributed by atoms with Gasteiger partial charge in [0.1, 0.15) is 0 Å². The third kappa shape index (κ3) is 3.80. The summed E-state index contributed by atoms with van der Waals surface area (Å²) in [7, 11) is 0. The molecule has 88 valence electrons. The average molecular weight is 371 g/mol. The third-order valence-electron chi connectivity index (χ3n) is 2.14. The van der Waals surface area contributed by atoms with Gasteiger partial charge in [-0.05, 0) is 46.9 Å². The molecule has 1 fully saturated rings. The molecule has 0 saturated carbocycles. The van der Waals surface area contributed by atoms with Crippen LogP contribution in [0, 0.1) is 3.57 Å². The molecule has 2 N–H and O–H groups in total. The van der Waals surface area contributed by atoms with Gasteiger partial charge in [-0.25, -0.2) is 0 Å². The first-order chi connectivity index (χ1) is 7.25. The molecule has 1 aliphatic heterocycles. The highest BCUT2D eigenvalue weighted by Gasteiger charge is 2.22. The van der Waals surface area contributed by atoms with Crippen molar-refractivity contribution in [3.05, 3.63) is 27.8 Å². The van der Waals surface area contributed by atoms with Crippen molar-refractivity contribution in [1.82, 2.24) is 5.32 Å². The van der Waals surface area contributed by atoms with Crippen molar-refractivity contribution in [2.45, 2.75) is 6.04 Å². The number of carbonyl (C=O) groups is 1. The maximum absolute atomic E-state index is 11.7. The SMILES string of the molecule is Cl.O=C(Nc1ccc(I)cc1)C1CSCN1. The van der Waals surface area contributed by atoms with Crippen LogP contribution in [0.5, 0.6) is 0 Å². The molecule has 1 heterocycles. The van der Waals surface area contributed by atoms with Crippen LogP contribution in [0.3, 0.4) is 0 Å². The van der Waals surface area contributed by atoms with Crippen molar-refractivity contribution in [3.63, 3.8) is 0 Å². The van der Waals surface area contributed by atoms with Crippen LogP contribution in [0.4, 0.5) is 5.69 Å². The number of benzene rings is 1. The van der Waals surface area contributed by atoms with E-state index in [-0.39, 0.29) is 24.4 Å². The van der Waals surface area contributed by atoms with Crippen LogP contribution in [0.25, 0.3) is 0 Å². The Bertz CT molecular complexity index is 354. The largest absolute Gasteiger partial charge is 0.325 e. The molecule has 0 aromatic heterocycles. The number of hydrogen-bond acceptors (Lipinski definition) is 3. The van der Waals surface area contributed by atoms with Crippen molar-refractivity contribution < 1.29 is 4.79 Å². The number of nitrogens with one attached hydrogen (secondary N) is 2. The standard InChI is InChI=1S/C10H11IN2OS.ClH/c11-7-1-3-8(4-2-7)13-10(14)9-5-15-6-12-9;/h1-4,9,12H,5-6H2,(H,13,14);1H. The summed E-state index contributed by atoms with van der Waals surface area (Å²) in [6.07, 6.45) is 0. The molecule has 1 saturated heterocycles. The summed E-state index contributed by atoms with van der Waals surface area (Å²) in [5, 5.41) is 6.03. The molecular formula is C10H12ClIN2OS. The minimum atomic E-state index is -0.0470. The summed E-state index contributed by atoms with van der Waals surface area (Å²) in [6.45, 7) is 0. The molecule has 0 aliphatic carbocycles. The molecule has 16 heavy (non-hydrogen) atoms. The lowest BCUT2D eigenvalue weighted by molar-refractivity contribution is -0.117. The number of rotatable bonds is 2. The molecule has 0 spiro atoms. The van der Waals surface area contributed by atoms with E-state index in [9.17, 15) is 4.79 Å². The predicted molar refractivity (Wildman–Crippen MR) is 79.3 cm³/mol. The Morgan fingerprint density at radius 2 is 2.12 bits per heavy atom. The molecule has 1 amide bonds. The van der Waals surface area contributed by atoms with Crippen LogP contribution >= 0.6 is 46.8 Å². The molecule has 6 heteroatoms. The van der Waals surface area contributed by atoms with Gasteiger partial charge in [0.2, 0.25) is 5.91 Å². The van der Waals surface area contributed by atoms with Crippen LogP contribution < -0.4 is 10.6 Å². The van der Waals surface area contributed by atoms with Crippen LogP contribution in [-0.2, 0) is 4.79 Å². The molecule has 2 rings (SSSR count). The number of amides is 1. The molecule has 0 radical (unpaired) electrons. The Kier molecular flexibility index (Phi) is 5.88. The monoisotopic (exact) mass is 370 g/mol. The molecule has 1 aromatic carbocycles. The van der Waals surface area contributed by atoms with Gasteiger partial charge in [-0.1, -0.05) is 0 Å². The predicted octanol–water partition coefficient (Wildman–Crippen LogP) is 2.31. The summed E-state index contributed by atoms with van der Waals surface area (Å²) < 4.78 is 1.17. The van der Waals surface area contributed by atoms with Crippen molar-refractivity contribution in [2.24, 2.45) is 0 Å². The summed E-state index contributed by atoms with van der Waals surface area (Å²) in [4.78, 5) is 11.7. The van der Waals surface area contributed by atoms with Crippen LogP contribution in [0.2, 0.25) is 0 Å². The topological polar surface area (TPSA) is 41.1 Å². The second-order valence-electron chi connectivity index (χ2n) is 3.27. The minimum absolute atomic E-state index is 0. The molecule has 1 aliphatic rings. The van der Waals surface area contributed by atoms with E-state index in [2.05, 4.69) is 33.2 Å². The van der Waals surface area contributed by atoms with Crippen LogP contribution in [0.15, 0.2) is 24.3 Å². The van der Waals surface area contributed by atoms with Crippen molar-refractivity contribution in [2.75, 3.05) is 16.9 Å². The number of anilines is 1.